The normalized spacial score (nSPS) is 18.0. The molecular weight excluding hydrogens is 282 g/mol. The minimum Gasteiger partial charge on any atom is -0.494 e. The van der Waals surface area contributed by atoms with E-state index in [-0.39, 0.29) is 5.91 Å². The predicted molar refractivity (Wildman–Crippen MR) is 82.8 cm³/mol. The first kappa shape index (κ1) is 16.3. The molecule has 2 rings (SSSR count). The van der Waals surface area contributed by atoms with Gasteiger partial charge in [-0.3, -0.25) is 9.59 Å². The smallest absolute Gasteiger partial charge is 0.308 e. The molecule has 1 unspecified atom stereocenters. The number of amides is 1. The van der Waals surface area contributed by atoms with Crippen molar-refractivity contribution in [3.8, 4) is 5.75 Å². The number of rotatable bonds is 6. The van der Waals surface area contributed by atoms with Gasteiger partial charge in [0.2, 0.25) is 5.91 Å². The number of hydrogen-bond acceptors (Lipinski definition) is 3. The maximum absolute atomic E-state index is 12.1. The summed E-state index contributed by atoms with van der Waals surface area (Å²) < 4.78 is 5.59. The van der Waals surface area contributed by atoms with Gasteiger partial charge in [0.25, 0.3) is 0 Å². The molecular formula is C17H23NO4. The summed E-state index contributed by atoms with van der Waals surface area (Å²) in [5, 5.41) is 9.04. The van der Waals surface area contributed by atoms with E-state index in [2.05, 4.69) is 0 Å². The monoisotopic (exact) mass is 305 g/mol. The Morgan fingerprint density at radius 2 is 2.05 bits per heavy atom. The van der Waals surface area contributed by atoms with E-state index >= 15 is 0 Å². The maximum atomic E-state index is 12.1. The Morgan fingerprint density at radius 3 is 2.73 bits per heavy atom. The van der Waals surface area contributed by atoms with Crippen LogP contribution in [0.3, 0.4) is 0 Å². The molecule has 1 aromatic rings. The fraction of sp³-hybridized carbons (Fsp3) is 0.529. The van der Waals surface area contributed by atoms with Crippen LogP contribution in [0.15, 0.2) is 24.3 Å². The third kappa shape index (κ3) is 4.76. The molecule has 1 aliphatic heterocycles. The summed E-state index contributed by atoms with van der Waals surface area (Å²) in [7, 11) is 0. The van der Waals surface area contributed by atoms with Crippen LogP contribution < -0.4 is 4.74 Å². The molecule has 0 radical (unpaired) electrons. The largest absolute Gasteiger partial charge is 0.494 e. The van der Waals surface area contributed by atoms with E-state index in [1.54, 1.807) is 4.90 Å². The number of hydrogen-bond donors (Lipinski definition) is 1. The van der Waals surface area contributed by atoms with Crippen LogP contribution in [0.25, 0.3) is 0 Å². The SMILES string of the molecule is Cc1ccc(OCCCC(=O)N2CCCC(C(=O)O)C2)cc1. The molecule has 0 spiro atoms. The Hall–Kier alpha value is -2.04. The number of ether oxygens (including phenoxy) is 1. The first-order valence-electron chi connectivity index (χ1n) is 7.76. The highest BCUT2D eigenvalue weighted by Crippen LogP contribution is 2.18. The number of likely N-dealkylation sites (tertiary alicyclic amines) is 1. The average molecular weight is 305 g/mol. The lowest BCUT2D eigenvalue weighted by atomic mass is 9.98. The molecule has 1 fully saturated rings. The van der Waals surface area contributed by atoms with Gasteiger partial charge in [-0.2, -0.15) is 0 Å². The quantitative estimate of drug-likeness (QED) is 0.820. The molecule has 0 saturated carbocycles. The summed E-state index contributed by atoms with van der Waals surface area (Å²) in [6.45, 7) is 3.52. The van der Waals surface area contributed by atoms with Gasteiger partial charge in [-0.15, -0.1) is 0 Å². The highest BCUT2D eigenvalue weighted by Gasteiger charge is 2.27. The number of carbonyl (C=O) groups is 2. The lowest BCUT2D eigenvalue weighted by molar-refractivity contribution is -0.145. The van der Waals surface area contributed by atoms with Gasteiger partial charge in [0, 0.05) is 19.5 Å². The number of carbonyl (C=O) groups excluding carboxylic acids is 1. The van der Waals surface area contributed by atoms with E-state index in [9.17, 15) is 9.59 Å². The zero-order valence-corrected chi connectivity index (χ0v) is 13.0. The summed E-state index contributed by atoms with van der Waals surface area (Å²) in [6.07, 6.45) is 2.47. The number of nitrogens with zero attached hydrogens (tertiary/aromatic N) is 1. The van der Waals surface area contributed by atoms with Crippen LogP contribution in [-0.4, -0.2) is 41.6 Å². The van der Waals surface area contributed by atoms with Gasteiger partial charge in [0.15, 0.2) is 0 Å². The molecule has 1 heterocycles. The summed E-state index contributed by atoms with van der Waals surface area (Å²) >= 11 is 0. The van der Waals surface area contributed by atoms with Crippen LogP contribution in [0.2, 0.25) is 0 Å². The van der Waals surface area contributed by atoms with E-state index in [1.165, 1.54) is 5.56 Å². The molecule has 5 heteroatoms. The molecule has 0 bridgehead atoms. The summed E-state index contributed by atoms with van der Waals surface area (Å²) in [4.78, 5) is 24.8. The van der Waals surface area contributed by atoms with Gasteiger partial charge < -0.3 is 14.7 Å². The van der Waals surface area contributed by atoms with E-state index < -0.39 is 11.9 Å². The van der Waals surface area contributed by atoms with Crippen molar-refractivity contribution in [3.05, 3.63) is 29.8 Å². The second kappa shape index (κ2) is 7.82. The van der Waals surface area contributed by atoms with Crippen molar-refractivity contribution >= 4 is 11.9 Å². The van der Waals surface area contributed by atoms with E-state index in [0.717, 1.165) is 12.2 Å². The summed E-state index contributed by atoms with van der Waals surface area (Å²) in [5.74, 6) is -0.387. The van der Waals surface area contributed by atoms with Crippen LogP contribution in [-0.2, 0) is 9.59 Å². The van der Waals surface area contributed by atoms with Crippen molar-refractivity contribution < 1.29 is 19.4 Å². The molecule has 1 aromatic carbocycles. The van der Waals surface area contributed by atoms with Crippen molar-refractivity contribution in [3.63, 3.8) is 0 Å². The fourth-order valence-corrected chi connectivity index (χ4v) is 2.61. The Bertz CT molecular complexity index is 512. The fourth-order valence-electron chi connectivity index (χ4n) is 2.61. The van der Waals surface area contributed by atoms with Crippen molar-refractivity contribution in [2.24, 2.45) is 5.92 Å². The third-order valence-corrected chi connectivity index (χ3v) is 3.95. The maximum Gasteiger partial charge on any atom is 0.308 e. The molecule has 1 N–H and O–H groups in total. The van der Waals surface area contributed by atoms with Gasteiger partial charge in [-0.1, -0.05) is 17.7 Å². The Labute approximate surface area is 130 Å². The van der Waals surface area contributed by atoms with Crippen LogP contribution in [0.5, 0.6) is 5.75 Å². The zero-order chi connectivity index (χ0) is 15.9. The molecule has 120 valence electrons. The second-order valence-corrected chi connectivity index (χ2v) is 5.78. The van der Waals surface area contributed by atoms with Crippen molar-refractivity contribution in [2.45, 2.75) is 32.6 Å². The Balaban J connectivity index is 1.69. The molecule has 22 heavy (non-hydrogen) atoms. The highest BCUT2D eigenvalue weighted by molar-refractivity contribution is 5.78. The number of piperidine rings is 1. The first-order valence-corrected chi connectivity index (χ1v) is 7.76. The highest BCUT2D eigenvalue weighted by atomic mass is 16.5. The molecule has 5 nitrogen and oxygen atoms in total. The lowest BCUT2D eigenvalue weighted by Gasteiger charge is -2.30. The molecule has 1 saturated heterocycles. The predicted octanol–water partition coefficient (Wildman–Crippen LogP) is 2.48. The van der Waals surface area contributed by atoms with Gasteiger partial charge in [0.05, 0.1) is 12.5 Å². The van der Waals surface area contributed by atoms with E-state index in [4.69, 9.17) is 9.84 Å². The number of carboxylic acids is 1. The van der Waals surface area contributed by atoms with Gasteiger partial charge >= 0.3 is 5.97 Å². The molecule has 1 atom stereocenters. The lowest BCUT2D eigenvalue weighted by Crippen LogP contribution is -2.42. The van der Waals surface area contributed by atoms with Crippen LogP contribution in [0, 0.1) is 12.8 Å². The minimum absolute atomic E-state index is 0.0263. The van der Waals surface area contributed by atoms with Crippen molar-refractivity contribution in [2.75, 3.05) is 19.7 Å². The van der Waals surface area contributed by atoms with E-state index in [1.807, 2.05) is 31.2 Å². The topological polar surface area (TPSA) is 66.8 Å². The molecule has 1 amide bonds. The minimum atomic E-state index is -0.805. The summed E-state index contributed by atoms with van der Waals surface area (Å²) in [5.41, 5.74) is 1.18. The molecule has 1 aliphatic rings. The first-order chi connectivity index (χ1) is 10.6. The number of benzene rings is 1. The van der Waals surface area contributed by atoms with Crippen LogP contribution >= 0.6 is 0 Å². The molecule has 0 aromatic heterocycles. The van der Waals surface area contributed by atoms with Gasteiger partial charge in [0.1, 0.15) is 5.75 Å². The second-order valence-electron chi connectivity index (χ2n) is 5.78. The van der Waals surface area contributed by atoms with Gasteiger partial charge in [-0.05, 0) is 38.3 Å². The third-order valence-electron chi connectivity index (χ3n) is 3.95. The Morgan fingerprint density at radius 1 is 1.32 bits per heavy atom. The summed E-state index contributed by atoms with van der Waals surface area (Å²) in [6, 6.07) is 7.80. The van der Waals surface area contributed by atoms with Crippen molar-refractivity contribution in [1.82, 2.24) is 4.90 Å². The van der Waals surface area contributed by atoms with Crippen LogP contribution in [0.1, 0.15) is 31.2 Å². The number of aryl methyl sites for hydroxylation is 1. The van der Waals surface area contributed by atoms with Crippen molar-refractivity contribution in [1.29, 1.82) is 0 Å². The van der Waals surface area contributed by atoms with Gasteiger partial charge in [-0.25, -0.2) is 0 Å². The molecule has 0 aliphatic carbocycles. The zero-order valence-electron chi connectivity index (χ0n) is 13.0. The van der Waals surface area contributed by atoms with E-state index in [0.29, 0.717) is 39.0 Å². The number of carboxylic acid groups (broad SMARTS) is 1. The number of aliphatic carboxylic acids is 1. The Kier molecular flexibility index (Phi) is 5.81. The standard InChI is InChI=1S/C17H23NO4/c1-13-6-8-15(9-7-13)22-11-3-5-16(19)18-10-2-4-14(12-18)17(20)21/h6-9,14H,2-5,10-12H2,1H3,(H,20,21). The van der Waals surface area contributed by atoms with Crippen LogP contribution in [0.4, 0.5) is 0 Å². The average Bonchev–Trinajstić information content (AvgIpc) is 2.53.